The molecule has 0 amide bonds. The van der Waals surface area contributed by atoms with Crippen molar-refractivity contribution < 1.29 is 9.90 Å². The molecule has 3 N–H and O–H groups in total. The van der Waals surface area contributed by atoms with Gasteiger partial charge in [-0.05, 0) is 58.7 Å². The summed E-state index contributed by atoms with van der Waals surface area (Å²) in [6.07, 6.45) is 0.794. The molecule has 0 radical (unpaired) electrons. The average molecular weight is 277 g/mol. The third-order valence-electron chi connectivity index (χ3n) is 3.74. The first-order valence-corrected chi connectivity index (χ1v) is 6.67. The Morgan fingerprint density at radius 2 is 1.71 bits per heavy atom. The smallest absolute Gasteiger partial charge is 0.152 e. The number of phenols is 1. The van der Waals surface area contributed by atoms with E-state index in [2.05, 4.69) is 0 Å². The third kappa shape index (κ3) is 2.23. The van der Waals surface area contributed by atoms with Gasteiger partial charge in [0.2, 0.25) is 0 Å². The molecule has 0 aliphatic carbocycles. The molecule has 3 heteroatoms. The highest BCUT2D eigenvalue weighted by molar-refractivity contribution is 6.04. The normalized spacial score (nSPS) is 10.7. The topological polar surface area (TPSA) is 63.3 Å². The van der Waals surface area contributed by atoms with Gasteiger partial charge in [-0.1, -0.05) is 24.3 Å². The van der Waals surface area contributed by atoms with Crippen LogP contribution in [0.2, 0.25) is 0 Å². The number of anilines is 1. The summed E-state index contributed by atoms with van der Waals surface area (Å²) in [6, 6.07) is 15.1. The minimum atomic E-state index is 0.288. The van der Waals surface area contributed by atoms with E-state index in [0.29, 0.717) is 11.3 Å². The van der Waals surface area contributed by atoms with Gasteiger partial charge in [0.15, 0.2) is 6.29 Å². The molecule has 3 aromatic carbocycles. The Labute approximate surface area is 122 Å². The Hall–Kier alpha value is -2.81. The summed E-state index contributed by atoms with van der Waals surface area (Å²) in [5, 5.41) is 11.4. The molecule has 0 fully saturated rings. The van der Waals surface area contributed by atoms with Crippen LogP contribution in [0.15, 0.2) is 48.5 Å². The van der Waals surface area contributed by atoms with Gasteiger partial charge >= 0.3 is 0 Å². The van der Waals surface area contributed by atoms with Crippen molar-refractivity contribution in [2.75, 3.05) is 5.73 Å². The van der Waals surface area contributed by atoms with Crippen LogP contribution in [0.5, 0.6) is 5.75 Å². The summed E-state index contributed by atoms with van der Waals surface area (Å²) in [4.78, 5) is 11.2. The lowest BCUT2D eigenvalue weighted by molar-refractivity contribution is 0.112. The maximum Gasteiger partial charge on any atom is 0.152 e. The number of fused-ring (bicyclic) bond motifs is 1. The number of aldehydes is 1. The fourth-order valence-electron chi connectivity index (χ4n) is 2.52. The molecule has 3 aromatic rings. The molecule has 0 heterocycles. The molecule has 0 aliphatic heterocycles. The lowest BCUT2D eigenvalue weighted by Crippen LogP contribution is -1.94. The number of carbonyl (C=O) groups is 1. The zero-order valence-corrected chi connectivity index (χ0v) is 11.6. The van der Waals surface area contributed by atoms with Crippen LogP contribution in [0.4, 0.5) is 5.69 Å². The zero-order valence-electron chi connectivity index (χ0n) is 11.6. The largest absolute Gasteiger partial charge is 0.508 e. The number of aryl methyl sites for hydroxylation is 1. The van der Waals surface area contributed by atoms with Gasteiger partial charge in [0.25, 0.3) is 0 Å². The Bertz CT molecular complexity index is 853. The first-order valence-electron chi connectivity index (χ1n) is 6.67. The van der Waals surface area contributed by atoms with Crippen LogP contribution in [-0.2, 0) is 0 Å². The Kier molecular flexibility index (Phi) is 3.10. The van der Waals surface area contributed by atoms with Crippen LogP contribution in [0.25, 0.3) is 21.9 Å². The first kappa shape index (κ1) is 13.2. The highest BCUT2D eigenvalue weighted by Gasteiger charge is 2.07. The number of hydrogen-bond donors (Lipinski definition) is 2. The second-order valence-electron chi connectivity index (χ2n) is 5.12. The van der Waals surface area contributed by atoms with Crippen molar-refractivity contribution in [3.8, 4) is 16.9 Å². The van der Waals surface area contributed by atoms with Gasteiger partial charge in [0.1, 0.15) is 5.75 Å². The quantitative estimate of drug-likeness (QED) is 0.551. The minimum Gasteiger partial charge on any atom is -0.508 e. The van der Waals surface area contributed by atoms with Gasteiger partial charge in [-0.3, -0.25) is 4.79 Å². The van der Waals surface area contributed by atoms with Gasteiger partial charge < -0.3 is 10.8 Å². The molecule has 3 nitrogen and oxygen atoms in total. The summed E-state index contributed by atoms with van der Waals surface area (Å²) >= 11 is 0. The third-order valence-corrected chi connectivity index (χ3v) is 3.74. The number of aromatic hydroxyl groups is 1. The predicted octanol–water partition coefficient (Wildman–Crippen LogP) is 3.92. The van der Waals surface area contributed by atoms with E-state index in [-0.39, 0.29) is 5.75 Å². The average Bonchev–Trinajstić information content (AvgIpc) is 2.49. The number of carbonyl (C=O) groups excluding carboxylic acids is 1. The van der Waals surface area contributed by atoms with E-state index in [1.165, 1.54) is 0 Å². The van der Waals surface area contributed by atoms with Crippen molar-refractivity contribution in [2.24, 2.45) is 0 Å². The monoisotopic (exact) mass is 277 g/mol. The van der Waals surface area contributed by atoms with Crippen LogP contribution in [0.1, 0.15) is 15.9 Å². The second kappa shape index (κ2) is 4.94. The van der Waals surface area contributed by atoms with Crippen molar-refractivity contribution >= 4 is 22.7 Å². The van der Waals surface area contributed by atoms with E-state index in [1.807, 2.05) is 43.3 Å². The van der Waals surface area contributed by atoms with E-state index in [9.17, 15) is 9.90 Å². The zero-order chi connectivity index (χ0) is 15.0. The SMILES string of the molecule is Cc1cc(-c2ccc3c(C=O)c(N)ccc3c2)ccc1O. The van der Waals surface area contributed by atoms with Gasteiger partial charge in [-0.25, -0.2) is 0 Å². The molecule has 0 aromatic heterocycles. The van der Waals surface area contributed by atoms with Crippen molar-refractivity contribution in [2.45, 2.75) is 6.92 Å². The maximum absolute atomic E-state index is 11.2. The number of nitrogen functional groups attached to an aromatic ring is 1. The van der Waals surface area contributed by atoms with Gasteiger partial charge in [0.05, 0.1) is 0 Å². The molecule has 21 heavy (non-hydrogen) atoms. The molecule has 0 saturated carbocycles. The van der Waals surface area contributed by atoms with Crippen LogP contribution in [0, 0.1) is 6.92 Å². The maximum atomic E-state index is 11.2. The Morgan fingerprint density at radius 1 is 1.00 bits per heavy atom. The van der Waals surface area contributed by atoms with E-state index < -0.39 is 0 Å². The lowest BCUT2D eigenvalue weighted by Gasteiger charge is -2.09. The van der Waals surface area contributed by atoms with E-state index >= 15 is 0 Å². The first-order chi connectivity index (χ1) is 10.1. The number of nitrogens with two attached hydrogens (primary N) is 1. The number of benzene rings is 3. The van der Waals surface area contributed by atoms with Crippen molar-refractivity contribution in [1.29, 1.82) is 0 Å². The van der Waals surface area contributed by atoms with Gasteiger partial charge in [-0.2, -0.15) is 0 Å². The fraction of sp³-hybridized carbons (Fsp3) is 0.0556. The number of hydrogen-bond acceptors (Lipinski definition) is 3. The molecule has 3 rings (SSSR count). The fourth-order valence-corrected chi connectivity index (χ4v) is 2.52. The van der Waals surface area contributed by atoms with Crippen molar-refractivity contribution in [1.82, 2.24) is 0 Å². The standard InChI is InChI=1S/C18H15NO2/c1-11-8-12(4-7-18(11)21)13-2-5-15-14(9-13)3-6-17(19)16(15)10-20/h2-10,21H,19H2,1H3. The molecular weight excluding hydrogens is 262 g/mol. The highest BCUT2D eigenvalue weighted by atomic mass is 16.3. The van der Waals surface area contributed by atoms with Crippen LogP contribution in [-0.4, -0.2) is 11.4 Å². The van der Waals surface area contributed by atoms with Gasteiger partial charge in [-0.15, -0.1) is 0 Å². The molecule has 0 spiro atoms. The number of phenolic OH excluding ortho intramolecular Hbond substituents is 1. The summed E-state index contributed by atoms with van der Waals surface area (Å²) in [6.45, 7) is 1.87. The summed E-state index contributed by atoms with van der Waals surface area (Å²) in [7, 11) is 0. The van der Waals surface area contributed by atoms with Crippen LogP contribution >= 0.6 is 0 Å². The summed E-state index contributed by atoms with van der Waals surface area (Å²) < 4.78 is 0. The Morgan fingerprint density at radius 3 is 2.43 bits per heavy atom. The van der Waals surface area contributed by atoms with E-state index in [1.54, 1.807) is 12.1 Å². The molecule has 0 bridgehead atoms. The van der Waals surface area contributed by atoms with Crippen molar-refractivity contribution in [3.63, 3.8) is 0 Å². The Balaban J connectivity index is 2.19. The lowest BCUT2D eigenvalue weighted by atomic mass is 9.97. The minimum absolute atomic E-state index is 0.288. The summed E-state index contributed by atoms with van der Waals surface area (Å²) in [5.74, 6) is 0.288. The predicted molar refractivity (Wildman–Crippen MR) is 85.6 cm³/mol. The van der Waals surface area contributed by atoms with Gasteiger partial charge in [0, 0.05) is 11.3 Å². The van der Waals surface area contributed by atoms with E-state index in [0.717, 1.165) is 33.7 Å². The second-order valence-corrected chi connectivity index (χ2v) is 5.12. The molecule has 0 saturated heterocycles. The van der Waals surface area contributed by atoms with Crippen LogP contribution < -0.4 is 5.73 Å². The molecule has 0 unspecified atom stereocenters. The number of rotatable bonds is 2. The highest BCUT2D eigenvalue weighted by Crippen LogP contribution is 2.30. The molecule has 0 atom stereocenters. The summed E-state index contributed by atoms with van der Waals surface area (Å²) in [5.41, 5.74) is 9.73. The molecular formula is C18H15NO2. The van der Waals surface area contributed by atoms with E-state index in [4.69, 9.17) is 5.73 Å². The molecule has 0 aliphatic rings. The van der Waals surface area contributed by atoms with Crippen molar-refractivity contribution in [3.05, 3.63) is 59.7 Å². The van der Waals surface area contributed by atoms with Crippen LogP contribution in [0.3, 0.4) is 0 Å². The molecule has 104 valence electrons.